The summed E-state index contributed by atoms with van der Waals surface area (Å²) in [6, 6.07) is 0. The maximum absolute atomic E-state index is 10.9. The first-order valence-corrected chi connectivity index (χ1v) is 3.88. The Kier molecular flexibility index (Phi) is 2.18. The first-order chi connectivity index (χ1) is 5.06. The summed E-state index contributed by atoms with van der Waals surface area (Å²) < 4.78 is 5.14. The van der Waals surface area contributed by atoms with Crippen molar-refractivity contribution in [3.63, 3.8) is 0 Å². The highest BCUT2D eigenvalue weighted by Gasteiger charge is 2.35. The number of carbonyl (C=O) groups excluding carboxylic acids is 1. The molecule has 0 radical (unpaired) electrons. The van der Waals surface area contributed by atoms with E-state index >= 15 is 0 Å². The summed E-state index contributed by atoms with van der Waals surface area (Å²) in [6.07, 6.45) is 1.40. The van der Waals surface area contributed by atoms with Gasteiger partial charge >= 0.3 is 0 Å². The Morgan fingerprint density at radius 3 is 2.73 bits per heavy atom. The standard InChI is InChI=1S/C8H15NO2/c1-8(2)5-4-6(10)9-7(8)11-3/h7H,4-5H2,1-3H3,(H,9,10). The summed E-state index contributed by atoms with van der Waals surface area (Å²) in [6.45, 7) is 4.20. The molecule has 1 heterocycles. The number of amides is 1. The second-order valence-corrected chi connectivity index (χ2v) is 3.67. The van der Waals surface area contributed by atoms with E-state index in [2.05, 4.69) is 19.2 Å². The number of ether oxygens (including phenoxy) is 1. The molecule has 1 amide bonds. The fourth-order valence-corrected chi connectivity index (χ4v) is 1.36. The quantitative estimate of drug-likeness (QED) is 0.614. The number of piperidine rings is 1. The van der Waals surface area contributed by atoms with Gasteiger partial charge < -0.3 is 10.1 Å². The maximum atomic E-state index is 10.9. The first-order valence-electron chi connectivity index (χ1n) is 3.88. The van der Waals surface area contributed by atoms with E-state index in [-0.39, 0.29) is 17.6 Å². The van der Waals surface area contributed by atoms with E-state index in [0.29, 0.717) is 6.42 Å². The highest BCUT2D eigenvalue weighted by atomic mass is 16.5. The predicted molar refractivity (Wildman–Crippen MR) is 42.0 cm³/mol. The average Bonchev–Trinajstić information content (AvgIpc) is 1.94. The second-order valence-electron chi connectivity index (χ2n) is 3.67. The lowest BCUT2D eigenvalue weighted by atomic mass is 9.83. The number of carbonyl (C=O) groups is 1. The van der Waals surface area contributed by atoms with Crippen LogP contribution in [0, 0.1) is 5.41 Å². The molecular formula is C8H15NO2. The molecule has 0 saturated carbocycles. The van der Waals surface area contributed by atoms with Crippen molar-refractivity contribution >= 4 is 5.91 Å². The molecule has 0 spiro atoms. The summed E-state index contributed by atoms with van der Waals surface area (Å²) in [4.78, 5) is 10.9. The van der Waals surface area contributed by atoms with Crippen molar-refractivity contribution in [2.24, 2.45) is 5.41 Å². The van der Waals surface area contributed by atoms with Gasteiger partial charge in [-0.3, -0.25) is 4.79 Å². The average molecular weight is 157 g/mol. The molecule has 1 rings (SSSR count). The van der Waals surface area contributed by atoms with E-state index in [1.54, 1.807) is 7.11 Å². The van der Waals surface area contributed by atoms with Crippen LogP contribution in [-0.4, -0.2) is 19.2 Å². The van der Waals surface area contributed by atoms with Gasteiger partial charge in [-0.2, -0.15) is 0 Å². The lowest BCUT2D eigenvalue weighted by Crippen LogP contribution is -2.50. The Hall–Kier alpha value is -0.570. The topological polar surface area (TPSA) is 38.3 Å². The molecule has 64 valence electrons. The van der Waals surface area contributed by atoms with E-state index in [1.165, 1.54) is 0 Å². The summed E-state index contributed by atoms with van der Waals surface area (Å²) in [5.74, 6) is 0.0937. The van der Waals surface area contributed by atoms with Crippen molar-refractivity contribution in [3.05, 3.63) is 0 Å². The molecule has 1 atom stereocenters. The third-order valence-corrected chi connectivity index (χ3v) is 2.23. The number of hydrogen-bond donors (Lipinski definition) is 1. The van der Waals surface area contributed by atoms with Gasteiger partial charge in [0.1, 0.15) is 6.23 Å². The molecule has 1 unspecified atom stereocenters. The monoisotopic (exact) mass is 157 g/mol. The summed E-state index contributed by atoms with van der Waals surface area (Å²) in [7, 11) is 1.62. The van der Waals surface area contributed by atoms with Crippen LogP contribution >= 0.6 is 0 Å². The molecule has 1 N–H and O–H groups in total. The summed E-state index contributed by atoms with van der Waals surface area (Å²) >= 11 is 0. The van der Waals surface area contributed by atoms with Gasteiger partial charge in [0.2, 0.25) is 5.91 Å². The van der Waals surface area contributed by atoms with Gasteiger partial charge in [0.05, 0.1) is 0 Å². The van der Waals surface area contributed by atoms with Gasteiger partial charge in [0, 0.05) is 18.9 Å². The normalized spacial score (nSPS) is 29.7. The van der Waals surface area contributed by atoms with Gasteiger partial charge in [-0.1, -0.05) is 13.8 Å². The zero-order valence-electron chi connectivity index (χ0n) is 7.31. The minimum absolute atomic E-state index is 0.0721. The van der Waals surface area contributed by atoms with Crippen LogP contribution in [0.3, 0.4) is 0 Å². The second kappa shape index (κ2) is 2.81. The summed E-state index contributed by atoms with van der Waals surface area (Å²) in [5.41, 5.74) is 0.0721. The Labute approximate surface area is 67.1 Å². The largest absolute Gasteiger partial charge is 0.361 e. The smallest absolute Gasteiger partial charge is 0.222 e. The molecule has 0 aliphatic carbocycles. The van der Waals surface area contributed by atoms with Crippen LogP contribution in [0.1, 0.15) is 26.7 Å². The number of rotatable bonds is 1. The van der Waals surface area contributed by atoms with Gasteiger partial charge in [-0.05, 0) is 6.42 Å². The van der Waals surface area contributed by atoms with Crippen LogP contribution in [-0.2, 0) is 9.53 Å². The van der Waals surface area contributed by atoms with Gasteiger partial charge in [-0.25, -0.2) is 0 Å². The van der Waals surface area contributed by atoms with Crippen molar-refractivity contribution in [1.29, 1.82) is 0 Å². The molecule has 1 aliphatic heterocycles. The first kappa shape index (κ1) is 8.53. The minimum Gasteiger partial charge on any atom is -0.361 e. The lowest BCUT2D eigenvalue weighted by molar-refractivity contribution is -0.135. The number of nitrogens with one attached hydrogen (secondary N) is 1. The lowest BCUT2D eigenvalue weighted by Gasteiger charge is -2.37. The molecule has 1 fully saturated rings. The van der Waals surface area contributed by atoms with Crippen molar-refractivity contribution in [1.82, 2.24) is 5.32 Å². The molecule has 0 aromatic heterocycles. The molecule has 3 nitrogen and oxygen atoms in total. The van der Waals surface area contributed by atoms with Crippen LogP contribution in [0.5, 0.6) is 0 Å². The predicted octanol–water partition coefficient (Wildman–Crippen LogP) is 0.895. The van der Waals surface area contributed by atoms with Crippen LogP contribution < -0.4 is 5.32 Å². The fourth-order valence-electron chi connectivity index (χ4n) is 1.36. The molecule has 1 saturated heterocycles. The molecule has 0 bridgehead atoms. The molecular weight excluding hydrogens is 142 g/mol. The van der Waals surface area contributed by atoms with E-state index < -0.39 is 0 Å². The third kappa shape index (κ3) is 1.71. The number of hydrogen-bond acceptors (Lipinski definition) is 2. The summed E-state index contributed by atoms with van der Waals surface area (Å²) in [5, 5.41) is 2.80. The minimum atomic E-state index is -0.122. The van der Waals surface area contributed by atoms with Crippen molar-refractivity contribution < 1.29 is 9.53 Å². The Balaban J connectivity index is 2.63. The highest BCUT2D eigenvalue weighted by Crippen LogP contribution is 2.30. The van der Waals surface area contributed by atoms with Gasteiger partial charge in [-0.15, -0.1) is 0 Å². The zero-order valence-corrected chi connectivity index (χ0v) is 7.31. The van der Waals surface area contributed by atoms with E-state index in [1.807, 2.05) is 0 Å². The van der Waals surface area contributed by atoms with Gasteiger partial charge in [0.15, 0.2) is 0 Å². The van der Waals surface area contributed by atoms with E-state index in [4.69, 9.17) is 4.74 Å². The third-order valence-electron chi connectivity index (χ3n) is 2.23. The van der Waals surface area contributed by atoms with Crippen LogP contribution in [0.2, 0.25) is 0 Å². The Morgan fingerprint density at radius 1 is 1.64 bits per heavy atom. The zero-order chi connectivity index (χ0) is 8.48. The Morgan fingerprint density at radius 2 is 2.27 bits per heavy atom. The number of methoxy groups -OCH3 is 1. The highest BCUT2D eigenvalue weighted by molar-refractivity contribution is 5.77. The van der Waals surface area contributed by atoms with E-state index in [9.17, 15) is 4.79 Å². The fraction of sp³-hybridized carbons (Fsp3) is 0.875. The molecule has 3 heteroatoms. The SMILES string of the molecule is COC1NC(=O)CCC1(C)C. The van der Waals surface area contributed by atoms with E-state index in [0.717, 1.165) is 6.42 Å². The maximum Gasteiger partial charge on any atom is 0.222 e. The molecule has 0 aromatic carbocycles. The van der Waals surface area contributed by atoms with Crippen LogP contribution in [0.25, 0.3) is 0 Å². The molecule has 1 aliphatic rings. The van der Waals surface area contributed by atoms with Crippen molar-refractivity contribution in [2.45, 2.75) is 32.9 Å². The van der Waals surface area contributed by atoms with Crippen LogP contribution in [0.15, 0.2) is 0 Å². The van der Waals surface area contributed by atoms with Crippen molar-refractivity contribution in [3.8, 4) is 0 Å². The molecule has 11 heavy (non-hydrogen) atoms. The Bertz CT molecular complexity index is 165. The van der Waals surface area contributed by atoms with Crippen LogP contribution in [0.4, 0.5) is 0 Å². The van der Waals surface area contributed by atoms with Crippen molar-refractivity contribution in [2.75, 3.05) is 7.11 Å². The van der Waals surface area contributed by atoms with Gasteiger partial charge in [0.25, 0.3) is 0 Å². The molecule has 0 aromatic rings.